The molecular weight excluding hydrogens is 308 g/mol. The minimum absolute atomic E-state index is 0.0782. The summed E-state index contributed by atoms with van der Waals surface area (Å²) in [5.41, 5.74) is 5.71. The quantitative estimate of drug-likeness (QED) is 0.673. The van der Waals surface area contributed by atoms with E-state index in [4.69, 9.17) is 4.98 Å². The first kappa shape index (κ1) is 17.2. The van der Waals surface area contributed by atoms with E-state index < -0.39 is 0 Å². The highest BCUT2D eigenvalue weighted by atomic mass is 16.2. The van der Waals surface area contributed by atoms with Gasteiger partial charge in [-0.05, 0) is 39.3 Å². The van der Waals surface area contributed by atoms with Crippen LogP contribution in [0.1, 0.15) is 35.3 Å². The van der Waals surface area contributed by atoms with Crippen LogP contribution < -0.4 is 0 Å². The Bertz CT molecular complexity index is 909. The van der Waals surface area contributed by atoms with E-state index in [0.717, 1.165) is 33.3 Å². The number of hydrogen-bond acceptors (Lipinski definition) is 2. The maximum absolute atomic E-state index is 13.2. The number of para-hydroxylation sites is 1. The Morgan fingerprint density at radius 1 is 0.960 bits per heavy atom. The van der Waals surface area contributed by atoms with Crippen molar-refractivity contribution < 1.29 is 4.79 Å². The summed E-state index contributed by atoms with van der Waals surface area (Å²) in [6.45, 7) is 9.50. The predicted octanol–water partition coefficient (Wildman–Crippen LogP) is 5.00. The zero-order valence-corrected chi connectivity index (χ0v) is 15.3. The van der Waals surface area contributed by atoms with E-state index in [1.54, 1.807) is 0 Å². The topological polar surface area (TPSA) is 33.2 Å². The summed E-state index contributed by atoms with van der Waals surface area (Å²) >= 11 is 0. The molecule has 0 bridgehead atoms. The number of aromatic nitrogens is 1. The van der Waals surface area contributed by atoms with Crippen molar-refractivity contribution in [3.05, 3.63) is 65.2 Å². The number of aryl methyl sites for hydroxylation is 1. The van der Waals surface area contributed by atoms with Crippen LogP contribution in [0.4, 0.5) is 0 Å². The van der Waals surface area contributed by atoms with Crippen LogP contribution in [-0.4, -0.2) is 28.9 Å². The molecule has 1 aromatic heterocycles. The molecule has 3 heteroatoms. The minimum atomic E-state index is 0.0782. The molecule has 1 amide bonds. The average molecular weight is 332 g/mol. The lowest BCUT2D eigenvalue weighted by atomic mass is 9.96. The van der Waals surface area contributed by atoms with Crippen molar-refractivity contribution in [3.8, 4) is 11.3 Å². The van der Waals surface area contributed by atoms with E-state index in [2.05, 4.69) is 31.2 Å². The van der Waals surface area contributed by atoms with E-state index in [-0.39, 0.29) is 5.91 Å². The fourth-order valence-corrected chi connectivity index (χ4v) is 3.24. The molecule has 0 aliphatic heterocycles. The fraction of sp³-hybridized carbons (Fsp3) is 0.273. The Morgan fingerprint density at radius 3 is 2.24 bits per heavy atom. The van der Waals surface area contributed by atoms with Crippen molar-refractivity contribution in [2.75, 3.05) is 13.1 Å². The molecule has 3 rings (SSSR count). The Morgan fingerprint density at radius 2 is 1.60 bits per heavy atom. The molecule has 0 spiro atoms. The molecule has 1 heterocycles. The van der Waals surface area contributed by atoms with Crippen LogP contribution in [0.2, 0.25) is 0 Å². The van der Waals surface area contributed by atoms with Gasteiger partial charge in [0.1, 0.15) is 0 Å². The highest BCUT2D eigenvalue weighted by Gasteiger charge is 2.21. The molecule has 3 aromatic rings. The van der Waals surface area contributed by atoms with Crippen molar-refractivity contribution >= 4 is 16.8 Å². The summed E-state index contributed by atoms with van der Waals surface area (Å²) in [5.74, 6) is 0.0782. The minimum Gasteiger partial charge on any atom is -0.339 e. The average Bonchev–Trinajstić information content (AvgIpc) is 2.63. The van der Waals surface area contributed by atoms with Crippen molar-refractivity contribution in [2.24, 2.45) is 0 Å². The van der Waals surface area contributed by atoms with Crippen LogP contribution in [0.25, 0.3) is 22.2 Å². The molecule has 0 aliphatic carbocycles. The number of nitrogens with zero attached hydrogens (tertiary/aromatic N) is 2. The Kier molecular flexibility index (Phi) is 4.84. The monoisotopic (exact) mass is 332 g/mol. The van der Waals surface area contributed by atoms with Crippen molar-refractivity contribution in [1.29, 1.82) is 0 Å². The van der Waals surface area contributed by atoms with Gasteiger partial charge >= 0.3 is 0 Å². The van der Waals surface area contributed by atoms with Gasteiger partial charge in [0.05, 0.1) is 16.8 Å². The molecule has 0 fully saturated rings. The molecule has 0 N–H and O–H groups in total. The summed E-state index contributed by atoms with van der Waals surface area (Å²) in [6, 6.07) is 16.2. The number of amides is 1. The van der Waals surface area contributed by atoms with Crippen molar-refractivity contribution in [1.82, 2.24) is 9.88 Å². The molecule has 0 radical (unpaired) electrons. The first-order valence-corrected chi connectivity index (χ1v) is 8.82. The summed E-state index contributed by atoms with van der Waals surface area (Å²) in [6.07, 6.45) is 0. The van der Waals surface area contributed by atoms with Crippen LogP contribution in [0, 0.1) is 13.8 Å². The maximum atomic E-state index is 13.2. The van der Waals surface area contributed by atoms with Gasteiger partial charge in [-0.3, -0.25) is 4.79 Å². The van der Waals surface area contributed by atoms with Crippen LogP contribution in [0.3, 0.4) is 0 Å². The number of carbonyl (C=O) groups excluding carboxylic acids is 1. The Labute approximate surface area is 149 Å². The Hall–Kier alpha value is -2.68. The van der Waals surface area contributed by atoms with Crippen LogP contribution in [-0.2, 0) is 0 Å². The SMILES string of the molecule is CCN(CC)C(=O)c1c(C)c(-c2ccc(C)cc2)nc2ccccc12. The standard InChI is InChI=1S/C22H24N2O/c1-5-24(6-2)22(25)20-16(4)21(17-13-11-15(3)12-14-17)23-19-10-8-7-9-18(19)20/h7-14H,5-6H2,1-4H3. The molecule has 0 saturated heterocycles. The molecule has 128 valence electrons. The number of fused-ring (bicyclic) bond motifs is 1. The fourth-order valence-electron chi connectivity index (χ4n) is 3.24. The molecule has 2 aromatic carbocycles. The van der Waals surface area contributed by atoms with Gasteiger partial charge < -0.3 is 4.90 Å². The first-order valence-electron chi connectivity index (χ1n) is 8.82. The van der Waals surface area contributed by atoms with Crippen molar-refractivity contribution in [2.45, 2.75) is 27.7 Å². The second-order valence-electron chi connectivity index (χ2n) is 6.32. The van der Waals surface area contributed by atoms with Gasteiger partial charge in [-0.1, -0.05) is 48.0 Å². The number of rotatable bonds is 4. The largest absolute Gasteiger partial charge is 0.339 e. The van der Waals surface area contributed by atoms with E-state index in [1.807, 2.05) is 49.9 Å². The third-order valence-corrected chi connectivity index (χ3v) is 4.73. The number of hydrogen-bond donors (Lipinski definition) is 0. The molecule has 3 nitrogen and oxygen atoms in total. The van der Waals surface area contributed by atoms with Gasteiger partial charge in [0, 0.05) is 24.0 Å². The summed E-state index contributed by atoms with van der Waals surface area (Å²) in [5, 5.41) is 0.924. The van der Waals surface area contributed by atoms with Gasteiger partial charge in [-0.25, -0.2) is 4.98 Å². The van der Waals surface area contributed by atoms with Crippen LogP contribution in [0.15, 0.2) is 48.5 Å². The highest BCUT2D eigenvalue weighted by Crippen LogP contribution is 2.30. The second-order valence-corrected chi connectivity index (χ2v) is 6.32. The molecule has 0 aliphatic rings. The molecular formula is C22H24N2O. The smallest absolute Gasteiger partial charge is 0.254 e. The summed E-state index contributed by atoms with van der Waals surface area (Å²) in [7, 11) is 0. The maximum Gasteiger partial charge on any atom is 0.254 e. The van der Waals surface area contributed by atoms with Crippen molar-refractivity contribution in [3.63, 3.8) is 0 Å². The van der Waals surface area contributed by atoms with Gasteiger partial charge in [-0.15, -0.1) is 0 Å². The molecule has 25 heavy (non-hydrogen) atoms. The lowest BCUT2D eigenvalue weighted by molar-refractivity contribution is 0.0774. The zero-order chi connectivity index (χ0) is 18.0. The van der Waals surface area contributed by atoms with Gasteiger partial charge in [-0.2, -0.15) is 0 Å². The van der Waals surface area contributed by atoms with Crippen LogP contribution in [0.5, 0.6) is 0 Å². The molecule has 0 unspecified atom stereocenters. The highest BCUT2D eigenvalue weighted by molar-refractivity contribution is 6.08. The van der Waals surface area contributed by atoms with Gasteiger partial charge in [0.25, 0.3) is 5.91 Å². The van der Waals surface area contributed by atoms with Crippen LogP contribution >= 0.6 is 0 Å². The zero-order valence-electron chi connectivity index (χ0n) is 15.3. The predicted molar refractivity (Wildman–Crippen MR) is 104 cm³/mol. The second kappa shape index (κ2) is 7.06. The lowest BCUT2D eigenvalue weighted by Crippen LogP contribution is -2.31. The van der Waals surface area contributed by atoms with E-state index in [1.165, 1.54) is 5.56 Å². The Balaban J connectivity index is 2.29. The number of benzene rings is 2. The van der Waals surface area contributed by atoms with E-state index in [9.17, 15) is 4.79 Å². The number of carbonyl (C=O) groups is 1. The normalized spacial score (nSPS) is 10.9. The van der Waals surface area contributed by atoms with Gasteiger partial charge in [0.2, 0.25) is 0 Å². The van der Waals surface area contributed by atoms with E-state index in [0.29, 0.717) is 13.1 Å². The molecule has 0 saturated carbocycles. The third kappa shape index (κ3) is 3.14. The lowest BCUT2D eigenvalue weighted by Gasteiger charge is -2.22. The van der Waals surface area contributed by atoms with Gasteiger partial charge in [0.15, 0.2) is 0 Å². The first-order chi connectivity index (χ1) is 12.1. The number of pyridine rings is 1. The summed E-state index contributed by atoms with van der Waals surface area (Å²) < 4.78 is 0. The molecule has 0 atom stereocenters. The van der Waals surface area contributed by atoms with E-state index >= 15 is 0 Å². The third-order valence-electron chi connectivity index (χ3n) is 4.73. The summed E-state index contributed by atoms with van der Waals surface area (Å²) in [4.78, 5) is 19.9.